The second-order valence-corrected chi connectivity index (χ2v) is 5.60. The fourth-order valence-corrected chi connectivity index (χ4v) is 3.15. The largest absolute Gasteiger partial charge is 0.339 e. The molecule has 1 aliphatic heterocycles. The minimum Gasteiger partial charge on any atom is -0.339 e. The molecule has 0 aliphatic carbocycles. The van der Waals surface area contributed by atoms with Gasteiger partial charge in [0.15, 0.2) is 0 Å². The number of hydrogen-bond donors (Lipinski definition) is 1. The quantitative estimate of drug-likeness (QED) is 0.926. The Kier molecular flexibility index (Phi) is 2.79. The smallest absolute Gasteiger partial charge is 0.231 e. The summed E-state index contributed by atoms with van der Waals surface area (Å²) in [7, 11) is 0. The van der Waals surface area contributed by atoms with Gasteiger partial charge >= 0.3 is 0 Å². The molecule has 16 heavy (non-hydrogen) atoms. The highest BCUT2D eigenvalue weighted by Gasteiger charge is 2.23. The average Bonchev–Trinajstić information content (AvgIpc) is 2.97. The van der Waals surface area contributed by atoms with Crippen LogP contribution in [-0.2, 0) is 0 Å². The van der Waals surface area contributed by atoms with E-state index in [-0.39, 0.29) is 0 Å². The van der Waals surface area contributed by atoms with Crippen LogP contribution in [0.2, 0.25) is 0 Å². The van der Waals surface area contributed by atoms with Gasteiger partial charge in [0.25, 0.3) is 0 Å². The summed E-state index contributed by atoms with van der Waals surface area (Å²) in [4.78, 5) is 5.48. The zero-order chi connectivity index (χ0) is 11.0. The lowest BCUT2D eigenvalue weighted by molar-refractivity contribution is 0.359. The molecule has 4 nitrogen and oxygen atoms in total. The maximum atomic E-state index is 5.30. The summed E-state index contributed by atoms with van der Waals surface area (Å²) >= 11 is 5.03. The van der Waals surface area contributed by atoms with Crippen molar-refractivity contribution in [3.8, 4) is 10.7 Å². The Bertz CT molecular complexity index is 490. The molecule has 1 fully saturated rings. The van der Waals surface area contributed by atoms with Gasteiger partial charge in [-0.15, -0.1) is 11.3 Å². The molecule has 2 aromatic rings. The van der Waals surface area contributed by atoms with E-state index >= 15 is 0 Å². The summed E-state index contributed by atoms with van der Waals surface area (Å²) in [6.45, 7) is 1.97. The lowest BCUT2D eigenvalue weighted by Gasteiger charge is -1.98. The number of nitrogens with zero attached hydrogens (tertiary/aromatic N) is 2. The first kappa shape index (κ1) is 10.4. The van der Waals surface area contributed by atoms with Crippen LogP contribution in [-0.4, -0.2) is 23.2 Å². The van der Waals surface area contributed by atoms with Crippen molar-refractivity contribution in [3.63, 3.8) is 0 Å². The van der Waals surface area contributed by atoms with Gasteiger partial charge in [0.2, 0.25) is 11.7 Å². The Hall–Kier alpha value is -0.720. The Morgan fingerprint density at radius 1 is 1.56 bits per heavy atom. The number of nitrogens with one attached hydrogen (secondary N) is 1. The second kappa shape index (κ2) is 4.27. The van der Waals surface area contributed by atoms with Gasteiger partial charge in [0.05, 0.1) is 10.8 Å². The van der Waals surface area contributed by atoms with Crippen molar-refractivity contribution in [2.75, 3.05) is 13.1 Å². The van der Waals surface area contributed by atoms with Gasteiger partial charge in [-0.3, -0.25) is 0 Å². The first-order valence-electron chi connectivity index (χ1n) is 5.11. The number of rotatable bonds is 2. The Morgan fingerprint density at radius 2 is 2.50 bits per heavy atom. The monoisotopic (exact) mass is 299 g/mol. The molecule has 0 spiro atoms. The Morgan fingerprint density at radius 3 is 3.19 bits per heavy atom. The van der Waals surface area contributed by atoms with E-state index in [1.807, 2.05) is 11.4 Å². The van der Waals surface area contributed by atoms with E-state index in [0.717, 1.165) is 34.8 Å². The van der Waals surface area contributed by atoms with Crippen LogP contribution in [0, 0.1) is 0 Å². The highest BCUT2D eigenvalue weighted by Crippen LogP contribution is 2.29. The number of aromatic nitrogens is 2. The van der Waals surface area contributed by atoms with E-state index < -0.39 is 0 Å². The molecule has 0 saturated carbocycles. The van der Waals surface area contributed by atoms with Crippen LogP contribution < -0.4 is 5.32 Å². The molecule has 0 amide bonds. The molecule has 3 heterocycles. The standard InChI is InChI=1S/C10H10BrN3OS/c11-7-3-8(16-5-7)9-13-10(15-14-9)6-1-2-12-4-6/h3,5-6,12H,1-2,4H2/t6-/m0/s1. The maximum Gasteiger partial charge on any atom is 0.231 e. The molecule has 1 atom stereocenters. The first-order valence-corrected chi connectivity index (χ1v) is 6.79. The molecule has 1 saturated heterocycles. The number of thiophene rings is 1. The highest BCUT2D eigenvalue weighted by molar-refractivity contribution is 9.10. The van der Waals surface area contributed by atoms with E-state index in [1.54, 1.807) is 11.3 Å². The summed E-state index contributed by atoms with van der Waals surface area (Å²) in [5.41, 5.74) is 0. The van der Waals surface area contributed by atoms with E-state index in [9.17, 15) is 0 Å². The summed E-state index contributed by atoms with van der Waals surface area (Å²) in [5, 5.41) is 9.33. The molecule has 0 bridgehead atoms. The van der Waals surface area contributed by atoms with Crippen LogP contribution in [0.25, 0.3) is 10.7 Å². The van der Waals surface area contributed by atoms with E-state index in [1.165, 1.54) is 0 Å². The minimum atomic E-state index is 0.379. The lowest BCUT2D eigenvalue weighted by atomic mass is 10.1. The van der Waals surface area contributed by atoms with E-state index in [4.69, 9.17) is 4.52 Å². The van der Waals surface area contributed by atoms with Gasteiger partial charge in [0.1, 0.15) is 0 Å². The average molecular weight is 300 g/mol. The fraction of sp³-hybridized carbons (Fsp3) is 0.400. The fourth-order valence-electron chi connectivity index (χ4n) is 1.80. The minimum absolute atomic E-state index is 0.379. The topological polar surface area (TPSA) is 51.0 Å². The van der Waals surface area contributed by atoms with Crippen molar-refractivity contribution in [3.05, 3.63) is 21.8 Å². The Labute approximate surface area is 105 Å². The molecule has 1 N–H and O–H groups in total. The molecule has 84 valence electrons. The second-order valence-electron chi connectivity index (χ2n) is 3.78. The molecule has 0 aromatic carbocycles. The van der Waals surface area contributed by atoms with Crippen LogP contribution >= 0.6 is 27.3 Å². The molecule has 3 rings (SSSR count). The van der Waals surface area contributed by atoms with E-state index in [0.29, 0.717) is 11.7 Å². The van der Waals surface area contributed by atoms with Crippen molar-refractivity contribution >= 4 is 27.3 Å². The third-order valence-corrected chi connectivity index (χ3v) is 4.33. The summed E-state index contributed by atoms with van der Waals surface area (Å²) < 4.78 is 6.36. The first-order chi connectivity index (χ1) is 7.83. The molecule has 1 aliphatic rings. The van der Waals surface area contributed by atoms with Crippen LogP contribution in [0.3, 0.4) is 0 Å². The highest BCUT2D eigenvalue weighted by atomic mass is 79.9. The van der Waals surface area contributed by atoms with Crippen molar-refractivity contribution in [1.29, 1.82) is 0 Å². The molecule has 0 unspecified atom stereocenters. The third-order valence-electron chi connectivity index (χ3n) is 2.64. The summed E-state index contributed by atoms with van der Waals surface area (Å²) in [6, 6.07) is 2.01. The van der Waals surface area contributed by atoms with Gasteiger partial charge in [-0.1, -0.05) is 5.16 Å². The molecular weight excluding hydrogens is 290 g/mol. The zero-order valence-electron chi connectivity index (χ0n) is 8.44. The van der Waals surface area contributed by atoms with Gasteiger partial charge in [-0.25, -0.2) is 0 Å². The van der Waals surface area contributed by atoms with Gasteiger partial charge in [-0.05, 0) is 35.0 Å². The van der Waals surface area contributed by atoms with Gasteiger partial charge in [0, 0.05) is 16.4 Å². The number of halogens is 1. The molecule has 0 radical (unpaired) electrons. The van der Waals surface area contributed by atoms with Crippen LogP contribution in [0.5, 0.6) is 0 Å². The lowest BCUT2D eigenvalue weighted by Crippen LogP contribution is -2.08. The van der Waals surface area contributed by atoms with Crippen LogP contribution in [0.15, 0.2) is 20.4 Å². The van der Waals surface area contributed by atoms with Crippen molar-refractivity contribution in [2.45, 2.75) is 12.3 Å². The van der Waals surface area contributed by atoms with Crippen molar-refractivity contribution < 1.29 is 4.52 Å². The molecule has 2 aromatic heterocycles. The van der Waals surface area contributed by atoms with Crippen LogP contribution in [0.4, 0.5) is 0 Å². The maximum absolute atomic E-state index is 5.30. The van der Waals surface area contributed by atoms with E-state index in [2.05, 4.69) is 31.4 Å². The Balaban J connectivity index is 1.87. The SMILES string of the molecule is Brc1csc(-c2noc([C@H]3CCNC3)n2)c1. The zero-order valence-corrected chi connectivity index (χ0v) is 10.8. The van der Waals surface area contributed by atoms with Gasteiger partial charge < -0.3 is 9.84 Å². The third kappa shape index (κ3) is 1.92. The summed E-state index contributed by atoms with van der Waals surface area (Å²) in [5.74, 6) is 1.83. The predicted molar refractivity (Wildman–Crippen MR) is 65.5 cm³/mol. The van der Waals surface area contributed by atoms with Crippen LogP contribution in [0.1, 0.15) is 18.2 Å². The van der Waals surface area contributed by atoms with Gasteiger partial charge in [-0.2, -0.15) is 4.98 Å². The predicted octanol–water partition coefficient (Wildman–Crippen LogP) is 2.64. The van der Waals surface area contributed by atoms with Crippen molar-refractivity contribution in [2.24, 2.45) is 0 Å². The molecular formula is C10H10BrN3OS. The normalized spacial score (nSPS) is 20.4. The summed E-state index contributed by atoms with van der Waals surface area (Å²) in [6.07, 6.45) is 1.08. The molecule has 6 heteroatoms. The van der Waals surface area contributed by atoms with Crippen molar-refractivity contribution in [1.82, 2.24) is 15.5 Å². The number of hydrogen-bond acceptors (Lipinski definition) is 5.